The monoisotopic (exact) mass is 377 g/mol. The number of hydrogen-bond donors (Lipinski definition) is 1. The van der Waals surface area contributed by atoms with Crippen molar-refractivity contribution in [1.29, 1.82) is 0 Å². The molecule has 0 radical (unpaired) electrons. The summed E-state index contributed by atoms with van der Waals surface area (Å²) in [5, 5.41) is 5.42. The normalized spacial score (nSPS) is 11.2. The molecule has 4 rings (SSSR count). The molecule has 0 aliphatic rings. The summed E-state index contributed by atoms with van der Waals surface area (Å²) < 4.78 is 1.81. The van der Waals surface area contributed by atoms with Gasteiger partial charge in [-0.15, -0.1) is 11.6 Å². The summed E-state index contributed by atoms with van der Waals surface area (Å²) in [5.74, 6) is 0.405. The quantitative estimate of drug-likeness (QED) is 0.520. The zero-order valence-corrected chi connectivity index (χ0v) is 16.0. The first kappa shape index (κ1) is 17.6. The maximum absolute atomic E-state index is 13.3. The lowest BCUT2D eigenvalue weighted by molar-refractivity contribution is 0.895. The molecule has 136 valence electrons. The van der Waals surface area contributed by atoms with E-state index in [4.69, 9.17) is 16.7 Å². The lowest BCUT2D eigenvalue weighted by Gasteiger charge is -2.07. The summed E-state index contributed by atoms with van der Waals surface area (Å²) in [4.78, 5) is 16.7. The highest BCUT2D eigenvalue weighted by Crippen LogP contribution is 2.28. The summed E-state index contributed by atoms with van der Waals surface area (Å²) in [5.41, 5.74) is 5.94. The number of pyridine rings is 1. The number of aryl methyl sites for hydroxylation is 2. The maximum Gasteiger partial charge on any atom is 0.196 e. The number of fused-ring (bicyclic) bond motifs is 1. The Morgan fingerprint density at radius 3 is 2.41 bits per heavy atom. The van der Waals surface area contributed by atoms with Gasteiger partial charge in [0.2, 0.25) is 0 Å². The van der Waals surface area contributed by atoms with Gasteiger partial charge >= 0.3 is 0 Å². The van der Waals surface area contributed by atoms with Crippen LogP contribution in [0, 0.1) is 13.8 Å². The molecule has 4 aromatic rings. The molecule has 0 amide bonds. The highest BCUT2D eigenvalue weighted by Gasteiger charge is 2.20. The smallest absolute Gasteiger partial charge is 0.196 e. The number of aromatic nitrogens is 3. The second kappa shape index (κ2) is 7.05. The van der Waals surface area contributed by atoms with Crippen molar-refractivity contribution in [2.75, 3.05) is 5.88 Å². The SMILES string of the molecule is Cc1ccc(-c2nn(-c3ccccc3)c3[nH]c(C)c(CCCl)c(=O)c23)cc1. The number of nitrogens with one attached hydrogen (secondary N) is 1. The Hall–Kier alpha value is -2.85. The van der Waals surface area contributed by atoms with E-state index >= 15 is 0 Å². The van der Waals surface area contributed by atoms with Gasteiger partial charge < -0.3 is 4.98 Å². The van der Waals surface area contributed by atoms with E-state index in [1.54, 1.807) is 0 Å². The predicted octanol–water partition coefficient (Wildman–Crippen LogP) is 4.78. The molecular weight excluding hydrogens is 358 g/mol. The Morgan fingerprint density at radius 2 is 1.74 bits per heavy atom. The van der Waals surface area contributed by atoms with E-state index < -0.39 is 0 Å². The molecule has 5 heteroatoms. The van der Waals surface area contributed by atoms with Crippen LogP contribution in [0.2, 0.25) is 0 Å². The van der Waals surface area contributed by atoms with Crippen molar-refractivity contribution >= 4 is 22.6 Å². The average Bonchev–Trinajstić information content (AvgIpc) is 3.06. The zero-order valence-electron chi connectivity index (χ0n) is 15.3. The fourth-order valence-corrected chi connectivity index (χ4v) is 3.58. The Kier molecular flexibility index (Phi) is 4.58. The van der Waals surface area contributed by atoms with E-state index in [2.05, 4.69) is 4.98 Å². The molecule has 0 bridgehead atoms. The van der Waals surface area contributed by atoms with Crippen LogP contribution in [0.25, 0.3) is 28.0 Å². The first-order valence-corrected chi connectivity index (χ1v) is 9.46. The largest absolute Gasteiger partial charge is 0.343 e. The number of nitrogens with zero attached hydrogens (tertiary/aromatic N) is 2. The maximum atomic E-state index is 13.3. The number of rotatable bonds is 4. The van der Waals surface area contributed by atoms with Gasteiger partial charge in [-0.2, -0.15) is 5.10 Å². The Balaban J connectivity index is 2.09. The first-order chi connectivity index (χ1) is 13.1. The molecule has 27 heavy (non-hydrogen) atoms. The van der Waals surface area contributed by atoms with Crippen molar-refractivity contribution in [1.82, 2.24) is 14.8 Å². The van der Waals surface area contributed by atoms with Crippen molar-refractivity contribution in [2.24, 2.45) is 0 Å². The van der Waals surface area contributed by atoms with Gasteiger partial charge in [0.05, 0.1) is 11.1 Å². The van der Waals surface area contributed by atoms with Crippen molar-refractivity contribution < 1.29 is 0 Å². The van der Waals surface area contributed by atoms with Crippen LogP contribution in [0.15, 0.2) is 59.4 Å². The number of alkyl halides is 1. The lowest BCUT2D eigenvalue weighted by atomic mass is 10.0. The standard InChI is InChI=1S/C22H20ClN3O/c1-14-8-10-16(11-9-14)20-19-21(27)18(12-13-23)15(2)24-22(19)26(25-20)17-6-4-3-5-7-17/h3-11H,12-13H2,1-2H3,(H,24,27). The number of aromatic amines is 1. The Morgan fingerprint density at radius 1 is 1.04 bits per heavy atom. The van der Waals surface area contributed by atoms with Crippen LogP contribution in [0.1, 0.15) is 16.8 Å². The minimum Gasteiger partial charge on any atom is -0.343 e. The summed E-state index contributed by atoms with van der Waals surface area (Å²) in [7, 11) is 0. The van der Waals surface area contributed by atoms with Crippen LogP contribution in [0.5, 0.6) is 0 Å². The van der Waals surface area contributed by atoms with E-state index in [1.807, 2.05) is 73.1 Å². The summed E-state index contributed by atoms with van der Waals surface area (Å²) >= 11 is 5.93. The van der Waals surface area contributed by atoms with Gasteiger partial charge in [-0.25, -0.2) is 4.68 Å². The molecule has 2 heterocycles. The Labute approximate surface area is 162 Å². The average molecular weight is 378 g/mol. The topological polar surface area (TPSA) is 50.7 Å². The van der Waals surface area contributed by atoms with Crippen LogP contribution < -0.4 is 5.43 Å². The fraction of sp³-hybridized carbons (Fsp3) is 0.182. The van der Waals surface area contributed by atoms with Crippen LogP contribution in [0.4, 0.5) is 0 Å². The molecule has 2 aromatic heterocycles. The van der Waals surface area contributed by atoms with Crippen LogP contribution >= 0.6 is 11.6 Å². The molecule has 2 aromatic carbocycles. The van der Waals surface area contributed by atoms with Gasteiger partial charge in [-0.1, -0.05) is 48.0 Å². The van der Waals surface area contributed by atoms with E-state index in [1.165, 1.54) is 0 Å². The molecule has 0 atom stereocenters. The number of hydrogen-bond acceptors (Lipinski definition) is 2. The zero-order chi connectivity index (χ0) is 19.0. The minimum atomic E-state index is -0.000318. The predicted molar refractivity (Wildman–Crippen MR) is 111 cm³/mol. The molecular formula is C22H20ClN3O. The second-order valence-corrected chi connectivity index (χ2v) is 7.06. The molecule has 0 saturated heterocycles. The molecule has 0 unspecified atom stereocenters. The summed E-state index contributed by atoms with van der Waals surface area (Å²) in [6, 6.07) is 17.9. The molecule has 0 saturated carbocycles. The molecule has 4 nitrogen and oxygen atoms in total. The fourth-order valence-electron chi connectivity index (χ4n) is 3.39. The molecule has 0 fully saturated rings. The van der Waals surface area contributed by atoms with E-state index in [0.717, 1.165) is 28.1 Å². The molecule has 1 N–H and O–H groups in total. The molecule has 0 aliphatic heterocycles. The van der Waals surface area contributed by atoms with Crippen LogP contribution in [0.3, 0.4) is 0 Å². The number of halogens is 1. The third kappa shape index (κ3) is 3.06. The third-order valence-corrected chi connectivity index (χ3v) is 5.00. The van der Waals surface area contributed by atoms with Gasteiger partial charge in [0.1, 0.15) is 11.3 Å². The van der Waals surface area contributed by atoms with Crippen molar-refractivity contribution in [2.45, 2.75) is 20.3 Å². The van der Waals surface area contributed by atoms with Gasteiger partial charge in [-0.05, 0) is 32.4 Å². The highest BCUT2D eigenvalue weighted by molar-refractivity contribution is 6.18. The number of H-pyrrole nitrogens is 1. The number of benzene rings is 2. The van der Waals surface area contributed by atoms with Crippen molar-refractivity contribution in [3.63, 3.8) is 0 Å². The van der Waals surface area contributed by atoms with Gasteiger partial charge in [0.15, 0.2) is 5.43 Å². The van der Waals surface area contributed by atoms with Gasteiger partial charge in [0.25, 0.3) is 0 Å². The summed E-state index contributed by atoms with van der Waals surface area (Å²) in [6.45, 7) is 3.95. The van der Waals surface area contributed by atoms with E-state index in [-0.39, 0.29) is 5.43 Å². The van der Waals surface area contributed by atoms with E-state index in [0.29, 0.717) is 29.0 Å². The van der Waals surface area contributed by atoms with Crippen molar-refractivity contribution in [3.05, 3.63) is 81.6 Å². The summed E-state index contributed by atoms with van der Waals surface area (Å²) in [6.07, 6.45) is 0.530. The minimum absolute atomic E-state index is 0.000318. The Bertz CT molecular complexity index is 1160. The first-order valence-electron chi connectivity index (χ1n) is 8.93. The van der Waals surface area contributed by atoms with Gasteiger partial charge in [-0.3, -0.25) is 4.79 Å². The van der Waals surface area contributed by atoms with Crippen molar-refractivity contribution in [3.8, 4) is 16.9 Å². The lowest BCUT2D eigenvalue weighted by Crippen LogP contribution is -2.14. The molecule has 0 aliphatic carbocycles. The van der Waals surface area contributed by atoms with E-state index in [9.17, 15) is 4.79 Å². The number of para-hydroxylation sites is 1. The third-order valence-electron chi connectivity index (χ3n) is 4.82. The highest BCUT2D eigenvalue weighted by atomic mass is 35.5. The van der Waals surface area contributed by atoms with Crippen LogP contribution in [-0.4, -0.2) is 20.6 Å². The molecule has 0 spiro atoms. The van der Waals surface area contributed by atoms with Crippen LogP contribution in [-0.2, 0) is 6.42 Å². The van der Waals surface area contributed by atoms with Gasteiger partial charge in [0, 0.05) is 22.7 Å². The second-order valence-electron chi connectivity index (χ2n) is 6.68.